The van der Waals surface area contributed by atoms with Gasteiger partial charge in [-0.25, -0.2) is 8.42 Å². The quantitative estimate of drug-likeness (QED) is 0.760. The van der Waals surface area contributed by atoms with E-state index in [1.807, 2.05) is 6.92 Å². The van der Waals surface area contributed by atoms with Crippen LogP contribution in [0.2, 0.25) is 0 Å². The number of carbonyl (C=O) groups is 1. The minimum atomic E-state index is -3.97. The van der Waals surface area contributed by atoms with E-state index in [9.17, 15) is 13.2 Å². The maximum Gasteiger partial charge on any atom is 0.261 e. The number of halogens is 4. The first-order chi connectivity index (χ1) is 10.5. The van der Waals surface area contributed by atoms with Gasteiger partial charge < -0.3 is 0 Å². The van der Waals surface area contributed by atoms with E-state index in [0.717, 1.165) is 5.56 Å². The highest BCUT2D eigenvalue weighted by Gasteiger charge is 2.44. The lowest BCUT2D eigenvalue weighted by atomic mass is 9.98. The summed E-state index contributed by atoms with van der Waals surface area (Å²) in [5.41, 5.74) is 0.690. The monoisotopic (exact) mass is 413 g/mol. The number of alkyl halides is 1. The third-order valence-electron chi connectivity index (χ3n) is 3.24. The van der Waals surface area contributed by atoms with Gasteiger partial charge in [0.25, 0.3) is 10.0 Å². The first-order valence-electron chi connectivity index (χ1n) is 6.27. The van der Waals surface area contributed by atoms with Gasteiger partial charge in [-0.15, -0.1) is 11.6 Å². The van der Waals surface area contributed by atoms with Crippen molar-refractivity contribution < 1.29 is 13.2 Å². The number of carbonyl (C=O) groups excluding carboxylic acids is 1. The lowest BCUT2D eigenvalue weighted by molar-refractivity contribution is -0.116. The third-order valence-corrected chi connectivity index (χ3v) is 6.46. The fraction of sp³-hybridized carbons (Fsp3) is 0.214. The number of allylic oxidation sites excluding steroid dienone is 3. The molecular formula is C14H11Cl4NO3S. The van der Waals surface area contributed by atoms with Gasteiger partial charge in [0.05, 0.1) is 20.7 Å². The Morgan fingerprint density at radius 1 is 1.04 bits per heavy atom. The van der Waals surface area contributed by atoms with Crippen molar-refractivity contribution in [3.63, 3.8) is 0 Å². The number of ketones is 1. The number of hydrogen-bond donors (Lipinski definition) is 1. The summed E-state index contributed by atoms with van der Waals surface area (Å²) in [5, 5.41) is -0.917. The molecule has 124 valence electrons. The molecule has 0 aromatic heterocycles. The summed E-state index contributed by atoms with van der Waals surface area (Å²) < 4.78 is 27.1. The topological polar surface area (TPSA) is 63.2 Å². The lowest BCUT2D eigenvalue weighted by Gasteiger charge is -2.28. The summed E-state index contributed by atoms with van der Waals surface area (Å²) in [6.07, 6.45) is 0. The molecule has 23 heavy (non-hydrogen) atoms. The Bertz CT molecular complexity index is 839. The predicted octanol–water partition coefficient (Wildman–Crippen LogP) is 3.99. The van der Waals surface area contributed by atoms with Crippen molar-refractivity contribution >= 4 is 62.2 Å². The average molecular weight is 415 g/mol. The van der Waals surface area contributed by atoms with Crippen molar-refractivity contribution in [1.29, 1.82) is 0 Å². The molecule has 1 N–H and O–H groups in total. The molecule has 0 saturated heterocycles. The van der Waals surface area contributed by atoms with E-state index >= 15 is 0 Å². The molecule has 0 unspecified atom stereocenters. The Kier molecular flexibility index (Phi) is 5.10. The van der Waals surface area contributed by atoms with E-state index in [1.54, 1.807) is 12.1 Å². The van der Waals surface area contributed by atoms with Crippen LogP contribution in [0.5, 0.6) is 0 Å². The molecule has 0 aliphatic heterocycles. The number of rotatable bonds is 3. The second-order valence-corrected chi connectivity index (χ2v) is 8.64. The van der Waals surface area contributed by atoms with Crippen LogP contribution < -0.4 is 4.72 Å². The Morgan fingerprint density at radius 3 is 2.09 bits per heavy atom. The van der Waals surface area contributed by atoms with Crippen LogP contribution in [0.4, 0.5) is 0 Å². The van der Waals surface area contributed by atoms with Gasteiger partial charge >= 0.3 is 0 Å². The molecule has 1 aromatic rings. The standard InChI is InChI=1S/C14H11Cl4NO3S/c1-7-3-5-8(6-4-7)23(21,22)19-11-9(15)10(16)13(20)14(2,18)12(11)17/h3-6,19H,1-2H3/t14-/m0/s1. The van der Waals surface area contributed by atoms with E-state index in [4.69, 9.17) is 46.4 Å². The Morgan fingerprint density at radius 2 is 1.57 bits per heavy atom. The Hall–Kier alpha value is -0.720. The molecule has 0 bridgehead atoms. The van der Waals surface area contributed by atoms with Crippen molar-refractivity contribution in [1.82, 2.24) is 4.72 Å². The molecular weight excluding hydrogens is 404 g/mol. The zero-order valence-corrected chi connectivity index (χ0v) is 15.8. The van der Waals surface area contributed by atoms with Crippen molar-refractivity contribution in [2.75, 3.05) is 0 Å². The van der Waals surface area contributed by atoms with Crippen LogP contribution in [-0.2, 0) is 14.8 Å². The van der Waals surface area contributed by atoms with E-state index < -0.39 is 20.7 Å². The number of sulfonamides is 1. The summed E-state index contributed by atoms with van der Waals surface area (Å²) in [5.74, 6) is -0.700. The maximum absolute atomic E-state index is 12.4. The average Bonchev–Trinajstić information content (AvgIpc) is 2.49. The normalized spacial score (nSPS) is 22.6. The summed E-state index contributed by atoms with van der Waals surface area (Å²) in [7, 11) is -3.97. The van der Waals surface area contributed by atoms with E-state index in [-0.39, 0.29) is 25.7 Å². The fourth-order valence-corrected chi connectivity index (χ4v) is 4.07. The molecule has 1 aliphatic carbocycles. The Labute approximate surface area is 154 Å². The predicted molar refractivity (Wildman–Crippen MR) is 92.4 cm³/mol. The highest BCUT2D eigenvalue weighted by atomic mass is 35.5. The van der Waals surface area contributed by atoms with Crippen LogP contribution >= 0.6 is 46.4 Å². The molecule has 0 fully saturated rings. The first-order valence-corrected chi connectivity index (χ1v) is 9.27. The molecule has 2 rings (SSSR count). The van der Waals surface area contributed by atoms with E-state index in [1.165, 1.54) is 19.1 Å². The van der Waals surface area contributed by atoms with Crippen LogP contribution in [0.3, 0.4) is 0 Å². The van der Waals surface area contributed by atoms with Gasteiger partial charge in [0.2, 0.25) is 5.78 Å². The van der Waals surface area contributed by atoms with Gasteiger partial charge in [-0.2, -0.15) is 0 Å². The summed E-state index contributed by atoms with van der Waals surface area (Å²) >= 11 is 24.0. The van der Waals surface area contributed by atoms with Crippen LogP contribution in [0.15, 0.2) is 50.0 Å². The van der Waals surface area contributed by atoms with E-state index in [0.29, 0.717) is 0 Å². The lowest BCUT2D eigenvalue weighted by Crippen LogP contribution is -2.38. The van der Waals surface area contributed by atoms with E-state index in [2.05, 4.69) is 4.72 Å². The zero-order chi connectivity index (χ0) is 17.6. The molecule has 4 nitrogen and oxygen atoms in total. The second kappa shape index (κ2) is 6.30. The molecule has 9 heteroatoms. The van der Waals surface area contributed by atoms with Crippen molar-refractivity contribution in [2.45, 2.75) is 23.6 Å². The Balaban J connectivity index is 2.51. The minimum Gasteiger partial charge on any atom is -0.291 e. The fourth-order valence-electron chi connectivity index (χ4n) is 1.85. The number of aryl methyl sites for hydroxylation is 1. The highest BCUT2D eigenvalue weighted by Crippen LogP contribution is 2.43. The molecule has 0 radical (unpaired) electrons. The van der Waals surface area contributed by atoms with Crippen LogP contribution in [0, 0.1) is 6.92 Å². The number of benzene rings is 1. The third kappa shape index (κ3) is 3.39. The number of hydrogen-bond acceptors (Lipinski definition) is 3. The number of nitrogens with one attached hydrogen (secondary N) is 1. The molecule has 0 amide bonds. The molecule has 1 aromatic carbocycles. The molecule has 0 saturated carbocycles. The van der Waals surface area contributed by atoms with Crippen LogP contribution in [0.25, 0.3) is 0 Å². The number of Topliss-reactive ketones (excluding diaryl/α,β-unsaturated/α-hetero) is 1. The molecule has 1 aliphatic rings. The zero-order valence-electron chi connectivity index (χ0n) is 12.0. The molecule has 0 spiro atoms. The maximum atomic E-state index is 12.4. The van der Waals surface area contributed by atoms with Crippen LogP contribution in [-0.4, -0.2) is 19.1 Å². The minimum absolute atomic E-state index is 0.00818. The van der Waals surface area contributed by atoms with Crippen LogP contribution in [0.1, 0.15) is 12.5 Å². The van der Waals surface area contributed by atoms with Crippen molar-refractivity contribution in [2.24, 2.45) is 0 Å². The summed E-state index contributed by atoms with van der Waals surface area (Å²) in [6.45, 7) is 3.14. The summed E-state index contributed by atoms with van der Waals surface area (Å²) in [4.78, 5) is 10.3. The highest BCUT2D eigenvalue weighted by molar-refractivity contribution is 7.89. The van der Waals surface area contributed by atoms with Crippen molar-refractivity contribution in [3.8, 4) is 0 Å². The second-order valence-electron chi connectivity index (χ2n) is 5.07. The van der Waals surface area contributed by atoms with Gasteiger partial charge in [0.1, 0.15) is 9.91 Å². The first kappa shape index (κ1) is 18.6. The molecule has 0 heterocycles. The largest absolute Gasteiger partial charge is 0.291 e. The SMILES string of the molecule is Cc1ccc(S(=O)(=O)NC2=C(Cl)[C@](C)(Cl)C(=O)C(Cl)=C2Cl)cc1. The van der Waals surface area contributed by atoms with Gasteiger partial charge in [0.15, 0.2) is 0 Å². The smallest absolute Gasteiger partial charge is 0.261 e. The summed E-state index contributed by atoms with van der Waals surface area (Å²) in [6, 6.07) is 6.15. The van der Waals surface area contributed by atoms with Gasteiger partial charge in [0, 0.05) is 0 Å². The molecule has 1 atom stereocenters. The van der Waals surface area contributed by atoms with Gasteiger partial charge in [-0.1, -0.05) is 52.5 Å². The van der Waals surface area contributed by atoms with Gasteiger partial charge in [-0.05, 0) is 26.0 Å². The van der Waals surface area contributed by atoms with Crippen molar-refractivity contribution in [3.05, 3.63) is 50.6 Å². The van der Waals surface area contributed by atoms with Gasteiger partial charge in [-0.3, -0.25) is 9.52 Å².